The van der Waals surface area contributed by atoms with Crippen LogP contribution < -0.4 is 15.0 Å². The maximum Gasteiger partial charge on any atom is 0.121 e. The zero-order valence-corrected chi connectivity index (χ0v) is 10.1. The number of nitrogens with one attached hydrogen (secondary N) is 1. The van der Waals surface area contributed by atoms with Gasteiger partial charge in [-0.1, -0.05) is 6.07 Å². The molecule has 1 aromatic rings. The summed E-state index contributed by atoms with van der Waals surface area (Å²) in [6.07, 6.45) is 2.58. The van der Waals surface area contributed by atoms with Crippen LogP contribution in [0.2, 0.25) is 0 Å². The molecule has 3 nitrogen and oxygen atoms in total. The predicted molar refractivity (Wildman–Crippen MR) is 67.3 cm³/mol. The first-order valence-corrected chi connectivity index (χ1v) is 5.90. The molecule has 0 aliphatic carbocycles. The van der Waals surface area contributed by atoms with Crippen molar-refractivity contribution in [1.82, 2.24) is 5.32 Å². The summed E-state index contributed by atoms with van der Waals surface area (Å²) in [5, 5.41) is 3.34. The zero-order chi connectivity index (χ0) is 11.4. The third-order valence-corrected chi connectivity index (χ3v) is 2.92. The van der Waals surface area contributed by atoms with E-state index in [9.17, 15) is 0 Å². The molecule has 0 atom stereocenters. The number of ether oxygens (including phenoxy) is 1. The van der Waals surface area contributed by atoms with Crippen LogP contribution in [0, 0.1) is 0 Å². The van der Waals surface area contributed by atoms with Crippen LogP contribution >= 0.6 is 0 Å². The van der Waals surface area contributed by atoms with Gasteiger partial charge in [-0.25, -0.2) is 0 Å². The van der Waals surface area contributed by atoms with Crippen molar-refractivity contribution in [1.29, 1.82) is 0 Å². The average Bonchev–Trinajstić information content (AvgIpc) is 2.30. The third kappa shape index (κ3) is 2.89. The Morgan fingerprint density at radius 2 is 2.00 bits per heavy atom. The molecule has 1 fully saturated rings. The van der Waals surface area contributed by atoms with Gasteiger partial charge in [0, 0.05) is 25.8 Å². The Labute approximate surface area is 97.4 Å². The molecule has 3 heteroatoms. The van der Waals surface area contributed by atoms with Crippen LogP contribution in [0.15, 0.2) is 24.3 Å². The third-order valence-electron chi connectivity index (χ3n) is 2.92. The van der Waals surface area contributed by atoms with Crippen molar-refractivity contribution in [3.8, 4) is 5.75 Å². The second-order valence-corrected chi connectivity index (χ2v) is 4.46. The van der Waals surface area contributed by atoms with E-state index < -0.39 is 0 Å². The van der Waals surface area contributed by atoms with Gasteiger partial charge in [-0.2, -0.15) is 0 Å². The van der Waals surface area contributed by atoms with Crippen molar-refractivity contribution in [3.63, 3.8) is 0 Å². The van der Waals surface area contributed by atoms with Crippen LogP contribution in [0.1, 0.15) is 12.8 Å². The first kappa shape index (κ1) is 11.3. The molecule has 1 aromatic carbocycles. The minimum Gasteiger partial charge on any atom is -0.490 e. The number of piperidine rings is 1. The SMILES string of the molecule is CN(C)c1cccc(OC2CCNCC2)c1. The van der Waals surface area contributed by atoms with Gasteiger partial charge in [-0.05, 0) is 38.1 Å². The molecular formula is C13H20N2O. The second-order valence-electron chi connectivity index (χ2n) is 4.46. The maximum atomic E-state index is 5.98. The fourth-order valence-corrected chi connectivity index (χ4v) is 1.94. The van der Waals surface area contributed by atoms with Crippen molar-refractivity contribution in [2.75, 3.05) is 32.1 Å². The van der Waals surface area contributed by atoms with E-state index in [2.05, 4.69) is 22.3 Å². The Morgan fingerprint density at radius 1 is 1.25 bits per heavy atom. The van der Waals surface area contributed by atoms with Crippen molar-refractivity contribution < 1.29 is 4.74 Å². The highest BCUT2D eigenvalue weighted by molar-refractivity contribution is 5.49. The predicted octanol–water partition coefficient (Wildman–Crippen LogP) is 1.88. The van der Waals surface area contributed by atoms with Gasteiger partial charge in [-0.15, -0.1) is 0 Å². The van der Waals surface area contributed by atoms with Gasteiger partial charge in [0.1, 0.15) is 11.9 Å². The molecular weight excluding hydrogens is 200 g/mol. The summed E-state index contributed by atoms with van der Waals surface area (Å²) in [7, 11) is 4.09. The van der Waals surface area contributed by atoms with E-state index in [-0.39, 0.29) is 0 Å². The van der Waals surface area contributed by atoms with Crippen LogP contribution in [0.3, 0.4) is 0 Å². The van der Waals surface area contributed by atoms with Gasteiger partial charge < -0.3 is 15.0 Å². The monoisotopic (exact) mass is 220 g/mol. The molecule has 0 spiro atoms. The Balaban J connectivity index is 2.00. The minimum atomic E-state index is 0.374. The standard InChI is InChI=1S/C13H20N2O/c1-15(2)11-4-3-5-13(10-11)16-12-6-8-14-9-7-12/h3-5,10,12,14H,6-9H2,1-2H3. The lowest BCUT2D eigenvalue weighted by Crippen LogP contribution is -2.34. The van der Waals surface area contributed by atoms with E-state index >= 15 is 0 Å². The van der Waals surface area contributed by atoms with Gasteiger partial charge in [0.25, 0.3) is 0 Å². The minimum absolute atomic E-state index is 0.374. The lowest BCUT2D eigenvalue weighted by atomic mass is 10.1. The van der Waals surface area contributed by atoms with Crippen molar-refractivity contribution in [2.24, 2.45) is 0 Å². The maximum absolute atomic E-state index is 5.98. The lowest BCUT2D eigenvalue weighted by molar-refractivity contribution is 0.162. The molecule has 2 rings (SSSR count). The Morgan fingerprint density at radius 3 is 2.69 bits per heavy atom. The summed E-state index contributed by atoms with van der Waals surface area (Å²) in [6, 6.07) is 8.28. The number of anilines is 1. The largest absolute Gasteiger partial charge is 0.490 e. The number of benzene rings is 1. The highest BCUT2D eigenvalue weighted by Crippen LogP contribution is 2.22. The van der Waals surface area contributed by atoms with Crippen LogP contribution in [0.5, 0.6) is 5.75 Å². The van der Waals surface area contributed by atoms with Crippen molar-refractivity contribution in [3.05, 3.63) is 24.3 Å². The van der Waals surface area contributed by atoms with E-state index in [0.29, 0.717) is 6.10 Å². The fourth-order valence-electron chi connectivity index (χ4n) is 1.94. The second kappa shape index (κ2) is 5.21. The number of rotatable bonds is 3. The lowest BCUT2D eigenvalue weighted by Gasteiger charge is -2.24. The molecule has 88 valence electrons. The number of nitrogens with zero attached hydrogens (tertiary/aromatic N) is 1. The first-order valence-electron chi connectivity index (χ1n) is 5.90. The Hall–Kier alpha value is -1.22. The smallest absolute Gasteiger partial charge is 0.121 e. The van der Waals surface area contributed by atoms with Crippen LogP contribution in [-0.2, 0) is 0 Å². The quantitative estimate of drug-likeness (QED) is 0.842. The molecule has 1 aliphatic heterocycles. The van der Waals surface area contributed by atoms with Crippen LogP contribution in [0.4, 0.5) is 5.69 Å². The Bertz CT molecular complexity index is 332. The summed E-state index contributed by atoms with van der Waals surface area (Å²) in [5.74, 6) is 0.984. The molecule has 1 saturated heterocycles. The molecule has 1 N–H and O–H groups in total. The van der Waals surface area contributed by atoms with Gasteiger partial charge in [-0.3, -0.25) is 0 Å². The molecule has 0 unspecified atom stereocenters. The molecule has 0 bridgehead atoms. The molecule has 16 heavy (non-hydrogen) atoms. The Kier molecular flexibility index (Phi) is 3.67. The van der Waals surface area contributed by atoms with Crippen molar-refractivity contribution in [2.45, 2.75) is 18.9 Å². The molecule has 0 aromatic heterocycles. The molecule has 0 radical (unpaired) electrons. The highest BCUT2D eigenvalue weighted by Gasteiger charge is 2.14. The highest BCUT2D eigenvalue weighted by atomic mass is 16.5. The molecule has 0 amide bonds. The van der Waals surface area contributed by atoms with Gasteiger partial charge >= 0.3 is 0 Å². The van der Waals surface area contributed by atoms with Crippen LogP contribution in [0.25, 0.3) is 0 Å². The van der Waals surface area contributed by atoms with E-state index in [1.807, 2.05) is 26.2 Å². The van der Waals surface area contributed by atoms with Gasteiger partial charge in [0.2, 0.25) is 0 Å². The molecule has 0 saturated carbocycles. The summed E-state index contributed by atoms with van der Waals surface area (Å²) >= 11 is 0. The summed E-state index contributed by atoms with van der Waals surface area (Å²) < 4.78 is 5.98. The van der Waals surface area contributed by atoms with Crippen LogP contribution in [-0.4, -0.2) is 33.3 Å². The molecule has 1 aliphatic rings. The van der Waals surface area contributed by atoms with E-state index in [1.165, 1.54) is 5.69 Å². The number of hydrogen-bond donors (Lipinski definition) is 1. The zero-order valence-electron chi connectivity index (χ0n) is 10.1. The summed E-state index contributed by atoms with van der Waals surface area (Å²) in [6.45, 7) is 2.13. The van der Waals surface area contributed by atoms with Crippen molar-refractivity contribution >= 4 is 5.69 Å². The summed E-state index contributed by atoms with van der Waals surface area (Å²) in [4.78, 5) is 2.09. The van der Waals surface area contributed by atoms with Gasteiger partial charge in [0.15, 0.2) is 0 Å². The first-order chi connectivity index (χ1) is 7.75. The number of hydrogen-bond acceptors (Lipinski definition) is 3. The topological polar surface area (TPSA) is 24.5 Å². The fraction of sp³-hybridized carbons (Fsp3) is 0.538. The van der Waals surface area contributed by atoms with E-state index in [0.717, 1.165) is 31.7 Å². The summed E-state index contributed by atoms with van der Waals surface area (Å²) in [5.41, 5.74) is 1.19. The molecule has 1 heterocycles. The van der Waals surface area contributed by atoms with Gasteiger partial charge in [0.05, 0.1) is 0 Å². The average molecular weight is 220 g/mol. The van der Waals surface area contributed by atoms with E-state index in [4.69, 9.17) is 4.74 Å². The normalized spacial score (nSPS) is 17.1. The van der Waals surface area contributed by atoms with E-state index in [1.54, 1.807) is 0 Å².